The van der Waals surface area contributed by atoms with Gasteiger partial charge in [0, 0.05) is 100 Å². The fraction of sp³-hybridized carbons (Fsp3) is 0.510. The third-order valence-corrected chi connectivity index (χ3v) is 15.1. The predicted molar refractivity (Wildman–Crippen MR) is 250 cm³/mol. The summed E-state index contributed by atoms with van der Waals surface area (Å²) in [5.74, 6) is -4.87. The summed E-state index contributed by atoms with van der Waals surface area (Å²) in [6, 6.07) is 8.20. The number of piperazine rings is 1. The second-order valence-electron chi connectivity index (χ2n) is 20.3. The molecule has 3 N–H and O–H groups in total. The van der Waals surface area contributed by atoms with Crippen LogP contribution in [-0.2, 0) is 16.0 Å². The molecular weight excluding hydrogens is 900 g/mol. The molecular formula is C51H57F5N8O5. The van der Waals surface area contributed by atoms with Gasteiger partial charge in [0.05, 0.1) is 23.5 Å². The summed E-state index contributed by atoms with van der Waals surface area (Å²) in [6.07, 6.45) is 5.57. The lowest BCUT2D eigenvalue weighted by Gasteiger charge is -2.43. The summed E-state index contributed by atoms with van der Waals surface area (Å²) >= 11 is 0. The zero-order valence-corrected chi connectivity index (χ0v) is 38.9. The molecule has 18 heteroatoms. The van der Waals surface area contributed by atoms with E-state index in [-0.39, 0.29) is 72.1 Å². The van der Waals surface area contributed by atoms with Crippen LogP contribution in [0.2, 0.25) is 0 Å². The Labute approximate surface area is 396 Å². The zero-order chi connectivity index (χ0) is 48.4. The van der Waals surface area contributed by atoms with Gasteiger partial charge in [-0.05, 0) is 105 Å². The lowest BCUT2D eigenvalue weighted by molar-refractivity contribution is -0.134. The SMILES string of the molecule is CCc1c(F)ccc2cc(O)cc(-c3ncc4c(N5CCC[C@@](C)(O)C5)nc(OCC5(CN6CCC(F)(CN7CCN(c8cc(F)c(C9CCC(=O)NC9=O)c(F)c8)CC7)CC6)CC5)nc4c3F)c12. The van der Waals surface area contributed by atoms with E-state index in [0.29, 0.717) is 118 Å². The third kappa shape index (κ3) is 9.51. The van der Waals surface area contributed by atoms with E-state index in [0.717, 1.165) is 12.8 Å². The molecule has 0 spiro atoms. The summed E-state index contributed by atoms with van der Waals surface area (Å²) in [5.41, 5.74) is -2.19. The highest BCUT2D eigenvalue weighted by Crippen LogP contribution is 2.48. The number of aromatic hydroxyl groups is 1. The van der Waals surface area contributed by atoms with E-state index in [1.54, 1.807) is 13.0 Å². The smallest absolute Gasteiger partial charge is 0.319 e. The molecule has 4 saturated heterocycles. The van der Waals surface area contributed by atoms with E-state index < -0.39 is 52.3 Å². The number of alkyl halides is 1. The summed E-state index contributed by atoms with van der Waals surface area (Å²) < 4.78 is 85.6. The van der Waals surface area contributed by atoms with E-state index in [4.69, 9.17) is 9.72 Å². The van der Waals surface area contributed by atoms with Gasteiger partial charge in [0.1, 0.15) is 45.9 Å². The lowest BCUT2D eigenvalue weighted by atomic mass is 9.89. The minimum absolute atomic E-state index is 0.0127. The summed E-state index contributed by atoms with van der Waals surface area (Å²) in [6.45, 7) is 8.56. The van der Waals surface area contributed by atoms with Gasteiger partial charge < -0.3 is 29.6 Å². The Bertz CT molecular complexity index is 2810. The molecule has 2 aromatic heterocycles. The Hall–Kier alpha value is -5.72. The third-order valence-electron chi connectivity index (χ3n) is 15.1. The monoisotopic (exact) mass is 956 g/mol. The van der Waals surface area contributed by atoms with Gasteiger partial charge in [-0.15, -0.1) is 0 Å². The molecule has 4 aliphatic heterocycles. The number of nitrogens with zero attached hydrogens (tertiary/aromatic N) is 7. The van der Waals surface area contributed by atoms with Crippen LogP contribution in [0.4, 0.5) is 33.5 Å². The van der Waals surface area contributed by atoms with Crippen molar-refractivity contribution in [3.05, 3.63) is 77.0 Å². The molecule has 69 heavy (non-hydrogen) atoms. The topological polar surface area (TPSA) is 147 Å². The van der Waals surface area contributed by atoms with E-state index in [9.17, 15) is 19.8 Å². The summed E-state index contributed by atoms with van der Waals surface area (Å²) in [5, 5.41) is 25.2. The van der Waals surface area contributed by atoms with E-state index in [1.165, 1.54) is 36.5 Å². The number of halogens is 5. The van der Waals surface area contributed by atoms with Crippen molar-refractivity contribution in [3.63, 3.8) is 0 Å². The Kier molecular flexibility index (Phi) is 12.4. The molecule has 3 aromatic carbocycles. The number of aliphatic hydroxyl groups is 1. The van der Waals surface area contributed by atoms with Crippen LogP contribution in [0, 0.1) is 28.7 Å². The Morgan fingerprint density at radius 2 is 1.58 bits per heavy atom. The average molecular weight is 957 g/mol. The first-order chi connectivity index (χ1) is 33.0. The Morgan fingerprint density at radius 1 is 0.855 bits per heavy atom. The standard InChI is InChI=1S/C51H57F5N8O5/c1-3-33-37(52)7-5-30-21-32(65)24-35(41(30)33)44-43(55)45-36(25-57-44)46(64-14-4-9-49(2,68)26-64)60-48(59-45)69-29-50(10-11-50)27-61-15-12-51(56,13-16-61)28-62-17-19-63(20-18-62)31-22-38(53)42(39(54)23-31)34-6-8-40(66)58-47(34)67/h5,7,21-25,34,65,68H,3-4,6,8-20,26-29H2,1-2H3,(H,58,66,67)/t34?,49-/m1/s1. The lowest BCUT2D eigenvalue weighted by Crippen LogP contribution is -2.54. The van der Waals surface area contributed by atoms with Gasteiger partial charge in [-0.3, -0.25) is 24.8 Å². The van der Waals surface area contributed by atoms with Crippen LogP contribution in [0.3, 0.4) is 0 Å². The van der Waals surface area contributed by atoms with Crippen LogP contribution in [-0.4, -0.2) is 130 Å². The first-order valence-electron chi connectivity index (χ1n) is 24.1. The molecule has 5 fully saturated rings. The number of hydrogen-bond donors (Lipinski definition) is 3. The van der Waals surface area contributed by atoms with Crippen LogP contribution in [0.25, 0.3) is 32.9 Å². The first-order valence-corrected chi connectivity index (χ1v) is 24.1. The van der Waals surface area contributed by atoms with Crippen LogP contribution in [0.5, 0.6) is 11.8 Å². The highest BCUT2D eigenvalue weighted by atomic mass is 19.2. The zero-order valence-electron chi connectivity index (χ0n) is 38.9. The average Bonchev–Trinajstić information content (AvgIpc) is 4.08. The van der Waals surface area contributed by atoms with Crippen LogP contribution in [0.1, 0.15) is 82.3 Å². The number of anilines is 2. The Balaban J connectivity index is 0.797. The Morgan fingerprint density at radius 3 is 2.26 bits per heavy atom. The van der Waals surface area contributed by atoms with Gasteiger partial charge in [-0.25, -0.2) is 22.0 Å². The fourth-order valence-corrected chi connectivity index (χ4v) is 11.1. The minimum atomic E-state index is -1.41. The maximum atomic E-state index is 17.1. The molecule has 5 aromatic rings. The number of benzene rings is 3. The number of fused-ring (bicyclic) bond motifs is 2. The molecule has 1 unspecified atom stereocenters. The van der Waals surface area contributed by atoms with Crippen molar-refractivity contribution in [2.75, 3.05) is 81.9 Å². The molecule has 5 aliphatic rings. The number of phenols is 1. The van der Waals surface area contributed by atoms with Gasteiger partial charge in [-0.1, -0.05) is 13.0 Å². The molecule has 0 radical (unpaired) electrons. The van der Waals surface area contributed by atoms with Gasteiger partial charge in [0.2, 0.25) is 11.8 Å². The van der Waals surface area contributed by atoms with E-state index >= 15 is 22.0 Å². The number of piperidine rings is 3. The van der Waals surface area contributed by atoms with Crippen LogP contribution < -0.4 is 19.9 Å². The first kappa shape index (κ1) is 47.0. The molecule has 13 nitrogen and oxygen atoms in total. The van der Waals surface area contributed by atoms with Crippen molar-refractivity contribution in [1.82, 2.24) is 30.1 Å². The van der Waals surface area contributed by atoms with Crippen molar-refractivity contribution in [2.24, 2.45) is 5.41 Å². The van der Waals surface area contributed by atoms with Crippen LogP contribution >= 0.6 is 0 Å². The molecule has 1 saturated carbocycles. The molecule has 1 aliphatic carbocycles. The summed E-state index contributed by atoms with van der Waals surface area (Å²) in [7, 11) is 0. The number of aromatic nitrogens is 3. The molecule has 2 atom stereocenters. The second-order valence-corrected chi connectivity index (χ2v) is 20.3. The number of ether oxygens (including phenoxy) is 1. The molecule has 10 rings (SSSR count). The number of nitrogens with one attached hydrogen (secondary N) is 1. The molecule has 0 bridgehead atoms. The number of rotatable bonds is 12. The van der Waals surface area contributed by atoms with Gasteiger partial charge in [0.15, 0.2) is 5.82 Å². The quantitative estimate of drug-likeness (QED) is 0.0851. The minimum Gasteiger partial charge on any atom is -0.508 e. The molecule has 366 valence electrons. The van der Waals surface area contributed by atoms with Crippen molar-refractivity contribution in [3.8, 4) is 23.0 Å². The number of imide groups is 1. The number of aryl methyl sites for hydroxylation is 1. The van der Waals surface area contributed by atoms with Crippen molar-refractivity contribution < 1.29 is 46.5 Å². The number of phenolic OH excluding ortho intramolecular Hbond substituents is 1. The molecule has 2 amide bonds. The van der Waals surface area contributed by atoms with E-state index in [2.05, 4.69) is 25.1 Å². The van der Waals surface area contributed by atoms with Gasteiger partial charge >= 0.3 is 6.01 Å². The number of likely N-dealkylation sites (tertiary alicyclic amines) is 1. The largest absolute Gasteiger partial charge is 0.508 e. The van der Waals surface area contributed by atoms with Crippen molar-refractivity contribution in [2.45, 2.75) is 88.8 Å². The second kappa shape index (κ2) is 18.2. The fourth-order valence-electron chi connectivity index (χ4n) is 11.1. The van der Waals surface area contributed by atoms with E-state index in [1.807, 2.05) is 16.7 Å². The molecule has 6 heterocycles. The van der Waals surface area contributed by atoms with Crippen molar-refractivity contribution in [1.29, 1.82) is 0 Å². The summed E-state index contributed by atoms with van der Waals surface area (Å²) in [4.78, 5) is 45.9. The van der Waals surface area contributed by atoms with Gasteiger partial charge in [0.25, 0.3) is 0 Å². The number of hydrogen-bond acceptors (Lipinski definition) is 12. The predicted octanol–water partition coefficient (Wildman–Crippen LogP) is 7.33. The normalized spacial score (nSPS) is 23.2. The maximum absolute atomic E-state index is 17.1. The number of carbonyl (C=O) groups is 2. The maximum Gasteiger partial charge on any atom is 0.319 e. The number of amides is 2. The number of pyridine rings is 1. The number of β-amino-alcohol motifs (C(OH)–C–C–N with tert-alkyl or cyclic N) is 1. The van der Waals surface area contributed by atoms with Gasteiger partial charge in [-0.2, -0.15) is 9.97 Å². The highest BCUT2D eigenvalue weighted by molar-refractivity contribution is 6.02. The highest BCUT2D eigenvalue weighted by Gasteiger charge is 2.47. The van der Waals surface area contributed by atoms with Crippen LogP contribution in [0.15, 0.2) is 42.6 Å². The number of carbonyl (C=O) groups excluding carboxylic acids is 2. The van der Waals surface area contributed by atoms with Crippen molar-refractivity contribution >= 4 is 45.0 Å².